The molecule has 28 heavy (non-hydrogen) atoms. The third-order valence-corrected chi connectivity index (χ3v) is 4.49. The van der Waals surface area contributed by atoms with E-state index in [0.29, 0.717) is 16.7 Å². The molecule has 0 aliphatic carbocycles. The second-order valence-electron chi connectivity index (χ2n) is 6.10. The lowest BCUT2D eigenvalue weighted by atomic mass is 9.95. The molecule has 5 N–H and O–H groups in total. The molecule has 0 saturated carbocycles. The number of fused-ring (bicyclic) bond motifs is 1. The molecule has 1 heterocycles. The summed E-state index contributed by atoms with van der Waals surface area (Å²) in [7, 11) is 0. The minimum Gasteiger partial charge on any atom is -0.504 e. The molecule has 0 fully saturated rings. The SMILES string of the molecule is CC(=O)Nc1cc(CN/C=C2\C(=O)NC(=O)c3ccc(Br)cc32)cc(O)c1O. The maximum absolute atomic E-state index is 12.2. The molecular formula is C19H16BrN3O5. The van der Waals surface area contributed by atoms with Gasteiger partial charge in [0.2, 0.25) is 5.91 Å². The van der Waals surface area contributed by atoms with Crippen LogP contribution < -0.4 is 16.0 Å². The third-order valence-electron chi connectivity index (χ3n) is 4.00. The van der Waals surface area contributed by atoms with Crippen LogP contribution in [-0.4, -0.2) is 27.9 Å². The van der Waals surface area contributed by atoms with Crippen LogP contribution in [0.4, 0.5) is 5.69 Å². The predicted octanol–water partition coefficient (Wildman–Crippen LogP) is 2.22. The van der Waals surface area contributed by atoms with Gasteiger partial charge in [0.25, 0.3) is 11.8 Å². The summed E-state index contributed by atoms with van der Waals surface area (Å²) in [5, 5.41) is 27.3. The normalized spacial score (nSPS) is 14.4. The van der Waals surface area contributed by atoms with E-state index in [-0.39, 0.29) is 23.6 Å². The zero-order valence-electron chi connectivity index (χ0n) is 14.7. The molecule has 1 aliphatic rings. The molecule has 2 aromatic carbocycles. The monoisotopic (exact) mass is 445 g/mol. The molecule has 1 aliphatic heterocycles. The first-order valence-electron chi connectivity index (χ1n) is 8.18. The molecule has 0 unspecified atom stereocenters. The van der Waals surface area contributed by atoms with Gasteiger partial charge in [-0.15, -0.1) is 0 Å². The Balaban J connectivity index is 1.85. The van der Waals surface area contributed by atoms with E-state index in [9.17, 15) is 24.6 Å². The Morgan fingerprint density at radius 3 is 2.61 bits per heavy atom. The Kier molecular flexibility index (Phi) is 5.36. The summed E-state index contributed by atoms with van der Waals surface area (Å²) >= 11 is 3.33. The number of amides is 3. The molecule has 144 valence electrons. The zero-order valence-corrected chi connectivity index (χ0v) is 16.3. The molecule has 3 rings (SSSR count). The highest BCUT2D eigenvalue weighted by atomic mass is 79.9. The molecule has 0 spiro atoms. The number of carbonyl (C=O) groups is 3. The summed E-state index contributed by atoms with van der Waals surface area (Å²) in [5.74, 6) is -2.21. The van der Waals surface area contributed by atoms with Crippen LogP contribution in [0.2, 0.25) is 0 Å². The number of hydrogen-bond donors (Lipinski definition) is 5. The van der Waals surface area contributed by atoms with E-state index in [1.165, 1.54) is 25.3 Å². The van der Waals surface area contributed by atoms with Gasteiger partial charge in [-0.2, -0.15) is 0 Å². The molecule has 0 bridgehead atoms. The third kappa shape index (κ3) is 3.99. The van der Waals surface area contributed by atoms with Crippen molar-refractivity contribution in [1.82, 2.24) is 10.6 Å². The Bertz CT molecular complexity index is 1030. The summed E-state index contributed by atoms with van der Waals surface area (Å²) < 4.78 is 0.725. The topological polar surface area (TPSA) is 128 Å². The number of phenols is 2. The number of hydrogen-bond acceptors (Lipinski definition) is 6. The van der Waals surface area contributed by atoms with Gasteiger partial charge in [0.05, 0.1) is 11.3 Å². The van der Waals surface area contributed by atoms with Crippen LogP contribution in [0.15, 0.2) is 41.0 Å². The summed E-state index contributed by atoms with van der Waals surface area (Å²) in [4.78, 5) is 35.4. The van der Waals surface area contributed by atoms with Crippen LogP contribution in [0.25, 0.3) is 5.57 Å². The lowest BCUT2D eigenvalue weighted by molar-refractivity contribution is -0.115. The molecule has 3 amide bonds. The van der Waals surface area contributed by atoms with Crippen LogP contribution in [-0.2, 0) is 16.1 Å². The first kappa shape index (κ1) is 19.4. The minimum absolute atomic E-state index is 0.0761. The van der Waals surface area contributed by atoms with E-state index in [1.807, 2.05) is 0 Å². The van der Waals surface area contributed by atoms with Crippen molar-refractivity contribution in [3.8, 4) is 11.5 Å². The van der Waals surface area contributed by atoms with Crippen molar-refractivity contribution in [2.45, 2.75) is 13.5 Å². The molecule has 0 atom stereocenters. The number of carbonyl (C=O) groups excluding carboxylic acids is 3. The average molecular weight is 446 g/mol. The lowest BCUT2D eigenvalue weighted by Crippen LogP contribution is -2.37. The van der Waals surface area contributed by atoms with E-state index in [1.54, 1.807) is 18.2 Å². The lowest BCUT2D eigenvalue weighted by Gasteiger charge is -2.18. The molecule has 0 saturated heterocycles. The average Bonchev–Trinajstić information content (AvgIpc) is 2.61. The van der Waals surface area contributed by atoms with Crippen molar-refractivity contribution in [2.75, 3.05) is 5.32 Å². The number of halogens is 1. The van der Waals surface area contributed by atoms with E-state index < -0.39 is 23.5 Å². The van der Waals surface area contributed by atoms with Crippen molar-refractivity contribution in [3.05, 3.63) is 57.7 Å². The highest BCUT2D eigenvalue weighted by Crippen LogP contribution is 2.34. The maximum atomic E-state index is 12.2. The largest absolute Gasteiger partial charge is 0.504 e. The first-order chi connectivity index (χ1) is 13.3. The summed E-state index contributed by atoms with van der Waals surface area (Å²) in [6.45, 7) is 1.47. The fourth-order valence-corrected chi connectivity index (χ4v) is 3.14. The minimum atomic E-state index is -0.532. The van der Waals surface area contributed by atoms with E-state index >= 15 is 0 Å². The quantitative estimate of drug-likeness (QED) is 0.279. The van der Waals surface area contributed by atoms with Gasteiger partial charge in [-0.3, -0.25) is 19.7 Å². The number of imide groups is 1. The summed E-state index contributed by atoms with van der Waals surface area (Å²) in [5.41, 5.74) is 1.78. The number of aromatic hydroxyl groups is 2. The van der Waals surface area contributed by atoms with Crippen LogP contribution in [0.3, 0.4) is 0 Å². The molecule has 8 nitrogen and oxygen atoms in total. The Morgan fingerprint density at radius 2 is 1.89 bits per heavy atom. The number of phenolic OH excluding ortho intramolecular Hbond substituents is 2. The Hall–Kier alpha value is -3.33. The van der Waals surface area contributed by atoms with Gasteiger partial charge in [-0.1, -0.05) is 15.9 Å². The second kappa shape index (κ2) is 7.73. The number of nitrogens with one attached hydrogen (secondary N) is 3. The first-order valence-corrected chi connectivity index (χ1v) is 8.97. The maximum Gasteiger partial charge on any atom is 0.260 e. The van der Waals surface area contributed by atoms with Gasteiger partial charge in [-0.05, 0) is 35.9 Å². The van der Waals surface area contributed by atoms with Gasteiger partial charge in [-0.25, -0.2) is 0 Å². The number of rotatable bonds is 4. The highest BCUT2D eigenvalue weighted by Gasteiger charge is 2.27. The number of benzene rings is 2. The van der Waals surface area contributed by atoms with Gasteiger partial charge >= 0.3 is 0 Å². The Labute approximate surface area is 168 Å². The van der Waals surface area contributed by atoms with Crippen LogP contribution in [0.1, 0.15) is 28.4 Å². The molecule has 9 heteroatoms. The van der Waals surface area contributed by atoms with E-state index in [4.69, 9.17) is 0 Å². The van der Waals surface area contributed by atoms with E-state index in [2.05, 4.69) is 31.9 Å². The van der Waals surface area contributed by atoms with E-state index in [0.717, 1.165) is 4.47 Å². The number of anilines is 1. The molecule has 0 radical (unpaired) electrons. The molecule has 0 aromatic heterocycles. The van der Waals surface area contributed by atoms with Gasteiger partial charge in [0.15, 0.2) is 11.5 Å². The molecule has 2 aromatic rings. The Morgan fingerprint density at radius 1 is 1.14 bits per heavy atom. The second-order valence-corrected chi connectivity index (χ2v) is 7.02. The fourth-order valence-electron chi connectivity index (χ4n) is 2.78. The standard InChI is InChI=1S/C19H16BrN3O5/c1-9(24)22-15-4-10(5-16(25)17(15)26)7-21-8-14-13-6-11(20)2-3-12(13)18(27)23-19(14)28/h2-6,8,21,25-26H,7H2,1H3,(H,22,24)(H,23,27,28)/b14-8-. The summed E-state index contributed by atoms with van der Waals surface area (Å²) in [6, 6.07) is 7.84. The van der Waals surface area contributed by atoms with Crippen molar-refractivity contribution < 1.29 is 24.6 Å². The van der Waals surface area contributed by atoms with Crippen molar-refractivity contribution in [1.29, 1.82) is 0 Å². The zero-order chi connectivity index (χ0) is 20.4. The van der Waals surface area contributed by atoms with Crippen molar-refractivity contribution in [3.63, 3.8) is 0 Å². The van der Waals surface area contributed by atoms with Crippen molar-refractivity contribution in [2.24, 2.45) is 0 Å². The predicted molar refractivity (Wildman–Crippen MR) is 106 cm³/mol. The smallest absolute Gasteiger partial charge is 0.260 e. The van der Waals surface area contributed by atoms with Crippen LogP contribution >= 0.6 is 15.9 Å². The van der Waals surface area contributed by atoms with Gasteiger partial charge < -0.3 is 20.8 Å². The fraction of sp³-hybridized carbons (Fsp3) is 0.105. The molecular weight excluding hydrogens is 430 g/mol. The summed E-state index contributed by atoms with van der Waals surface area (Å²) in [6.07, 6.45) is 1.47. The van der Waals surface area contributed by atoms with Crippen LogP contribution in [0.5, 0.6) is 11.5 Å². The van der Waals surface area contributed by atoms with Crippen molar-refractivity contribution >= 4 is 44.9 Å². The van der Waals surface area contributed by atoms with Crippen LogP contribution in [0, 0.1) is 0 Å². The van der Waals surface area contributed by atoms with Gasteiger partial charge in [0.1, 0.15) is 0 Å². The van der Waals surface area contributed by atoms with Gasteiger partial charge in [0, 0.05) is 35.3 Å². The highest BCUT2D eigenvalue weighted by molar-refractivity contribution is 9.10.